The second-order valence-electron chi connectivity index (χ2n) is 8.48. The smallest absolute Gasteiger partial charge is 0.0594 e. The third-order valence-corrected chi connectivity index (χ3v) is 11.0. The minimum Gasteiger partial charge on any atom is -0.0654 e. The molecule has 0 saturated carbocycles. The fourth-order valence-corrected chi connectivity index (χ4v) is 9.09. The SMILES string of the molecule is CCCCCCC[P+](CCCCC)(CCCCC)CCCCCCC. The van der Waals surface area contributed by atoms with Gasteiger partial charge in [0.25, 0.3) is 0 Å². The van der Waals surface area contributed by atoms with Gasteiger partial charge in [0.05, 0.1) is 24.6 Å². The molecule has 0 N–H and O–H groups in total. The summed E-state index contributed by atoms with van der Waals surface area (Å²) in [6.45, 7) is 9.41. The zero-order chi connectivity index (χ0) is 18.6. The third-order valence-electron chi connectivity index (χ3n) is 5.94. The van der Waals surface area contributed by atoms with Crippen molar-refractivity contribution < 1.29 is 0 Å². The van der Waals surface area contributed by atoms with E-state index in [9.17, 15) is 0 Å². The monoisotopic (exact) mass is 371 g/mol. The Morgan fingerprint density at radius 1 is 0.320 bits per heavy atom. The van der Waals surface area contributed by atoms with Gasteiger partial charge in [-0.05, 0) is 38.5 Å². The van der Waals surface area contributed by atoms with Crippen LogP contribution in [0.3, 0.4) is 0 Å². The van der Waals surface area contributed by atoms with Crippen LogP contribution in [0.4, 0.5) is 0 Å². The summed E-state index contributed by atoms with van der Waals surface area (Å²) < 4.78 is 0. The Labute approximate surface area is 162 Å². The third kappa shape index (κ3) is 15.2. The lowest BCUT2D eigenvalue weighted by Crippen LogP contribution is -2.13. The van der Waals surface area contributed by atoms with E-state index in [1.54, 1.807) is 37.5 Å². The highest BCUT2D eigenvalue weighted by Gasteiger charge is 2.34. The van der Waals surface area contributed by atoms with Crippen molar-refractivity contribution >= 4 is 7.26 Å². The zero-order valence-electron chi connectivity index (χ0n) is 18.6. The maximum atomic E-state index is 2.37. The van der Waals surface area contributed by atoms with Gasteiger partial charge in [0.15, 0.2) is 0 Å². The minimum atomic E-state index is -0.653. The maximum absolute atomic E-state index is 2.37. The van der Waals surface area contributed by atoms with Gasteiger partial charge in [-0.15, -0.1) is 0 Å². The molecule has 0 aliphatic heterocycles. The number of unbranched alkanes of at least 4 members (excludes halogenated alkanes) is 12. The molecule has 0 aliphatic rings. The van der Waals surface area contributed by atoms with E-state index in [1.807, 2.05) is 0 Å². The Balaban J connectivity index is 4.55. The average Bonchev–Trinajstić information content (AvgIpc) is 2.62. The van der Waals surface area contributed by atoms with Crippen molar-refractivity contribution in [3.05, 3.63) is 0 Å². The molecule has 0 amide bonds. The summed E-state index contributed by atoms with van der Waals surface area (Å²) in [5.74, 6) is 0. The van der Waals surface area contributed by atoms with E-state index in [4.69, 9.17) is 0 Å². The maximum Gasteiger partial charge on any atom is 0.0594 e. The Bertz CT molecular complexity index is 222. The topological polar surface area (TPSA) is 0 Å². The van der Waals surface area contributed by atoms with E-state index in [1.165, 1.54) is 89.9 Å². The molecule has 0 bridgehead atoms. The van der Waals surface area contributed by atoms with E-state index in [-0.39, 0.29) is 0 Å². The van der Waals surface area contributed by atoms with E-state index in [2.05, 4.69) is 27.7 Å². The second kappa shape index (κ2) is 19.2. The summed E-state index contributed by atoms with van der Waals surface area (Å²) in [7, 11) is -0.653. The summed E-state index contributed by atoms with van der Waals surface area (Å²) in [5, 5.41) is 0. The van der Waals surface area contributed by atoms with Crippen LogP contribution in [0.5, 0.6) is 0 Å². The van der Waals surface area contributed by atoms with Gasteiger partial charge >= 0.3 is 0 Å². The molecule has 0 aromatic rings. The fourth-order valence-electron chi connectivity index (χ4n) is 4.17. The normalized spacial score (nSPS) is 12.0. The molecule has 0 aliphatic carbocycles. The van der Waals surface area contributed by atoms with Gasteiger partial charge < -0.3 is 0 Å². The molecular weight excluding hydrogens is 319 g/mol. The Hall–Kier alpha value is 0.430. The first-order valence-corrected chi connectivity index (χ1v) is 14.6. The first-order valence-electron chi connectivity index (χ1n) is 12.1. The molecule has 0 unspecified atom stereocenters. The molecule has 0 atom stereocenters. The predicted molar refractivity (Wildman–Crippen MR) is 123 cm³/mol. The van der Waals surface area contributed by atoms with Crippen LogP contribution in [-0.4, -0.2) is 24.6 Å². The number of hydrogen-bond acceptors (Lipinski definition) is 0. The summed E-state index contributed by atoms with van der Waals surface area (Å²) >= 11 is 0. The molecule has 0 aromatic carbocycles. The second-order valence-corrected chi connectivity index (χ2v) is 13.0. The van der Waals surface area contributed by atoms with Gasteiger partial charge in [0.2, 0.25) is 0 Å². The standard InChI is InChI=1S/C24H52P/c1-5-9-13-15-19-23-25(21-17-11-7-3,22-18-12-8-4)24-20-16-14-10-6-2/h5-24H2,1-4H3/q+1. The highest BCUT2D eigenvalue weighted by molar-refractivity contribution is 7.75. The molecule has 0 radical (unpaired) electrons. The van der Waals surface area contributed by atoms with Crippen molar-refractivity contribution in [3.63, 3.8) is 0 Å². The van der Waals surface area contributed by atoms with Gasteiger partial charge in [-0.3, -0.25) is 0 Å². The van der Waals surface area contributed by atoms with Crippen LogP contribution < -0.4 is 0 Å². The molecule has 0 aromatic heterocycles. The van der Waals surface area contributed by atoms with Gasteiger partial charge in [-0.2, -0.15) is 0 Å². The van der Waals surface area contributed by atoms with Crippen LogP contribution in [0, 0.1) is 0 Å². The molecular formula is C24H52P+. The fraction of sp³-hybridized carbons (Fsp3) is 1.00. The highest BCUT2D eigenvalue weighted by atomic mass is 31.2. The summed E-state index contributed by atoms with van der Waals surface area (Å²) in [5.41, 5.74) is 0. The van der Waals surface area contributed by atoms with E-state index in [0.717, 1.165) is 0 Å². The lowest BCUT2D eigenvalue weighted by molar-refractivity contribution is 0.647. The molecule has 0 fully saturated rings. The van der Waals surface area contributed by atoms with Gasteiger partial charge in [-0.25, -0.2) is 0 Å². The van der Waals surface area contributed by atoms with E-state index < -0.39 is 7.26 Å². The van der Waals surface area contributed by atoms with Crippen molar-refractivity contribution in [2.24, 2.45) is 0 Å². The van der Waals surface area contributed by atoms with Crippen LogP contribution in [0.1, 0.15) is 130 Å². The van der Waals surface area contributed by atoms with Crippen LogP contribution in [0.2, 0.25) is 0 Å². The van der Waals surface area contributed by atoms with Crippen molar-refractivity contribution in [2.75, 3.05) is 24.6 Å². The van der Waals surface area contributed by atoms with Crippen LogP contribution >= 0.6 is 7.26 Å². The molecule has 0 spiro atoms. The molecule has 0 rings (SSSR count). The summed E-state index contributed by atoms with van der Waals surface area (Å²) in [6.07, 6.45) is 30.1. The van der Waals surface area contributed by atoms with Crippen LogP contribution in [-0.2, 0) is 0 Å². The summed E-state index contributed by atoms with van der Waals surface area (Å²) in [4.78, 5) is 0. The predicted octanol–water partition coefficient (Wildman–Crippen LogP) is 9.33. The lowest BCUT2D eigenvalue weighted by Gasteiger charge is -2.28. The lowest BCUT2D eigenvalue weighted by atomic mass is 10.2. The summed E-state index contributed by atoms with van der Waals surface area (Å²) in [6, 6.07) is 0. The molecule has 1 heteroatoms. The molecule has 0 nitrogen and oxygen atoms in total. The Morgan fingerprint density at radius 2 is 0.560 bits per heavy atom. The van der Waals surface area contributed by atoms with Crippen LogP contribution in [0.15, 0.2) is 0 Å². The zero-order valence-corrected chi connectivity index (χ0v) is 19.5. The van der Waals surface area contributed by atoms with Crippen molar-refractivity contribution in [3.8, 4) is 0 Å². The molecule has 0 saturated heterocycles. The van der Waals surface area contributed by atoms with Crippen molar-refractivity contribution in [1.82, 2.24) is 0 Å². The van der Waals surface area contributed by atoms with Gasteiger partial charge in [0.1, 0.15) is 0 Å². The molecule has 152 valence electrons. The minimum absolute atomic E-state index is 0.653. The van der Waals surface area contributed by atoms with Crippen molar-refractivity contribution in [2.45, 2.75) is 130 Å². The first-order chi connectivity index (χ1) is 12.2. The molecule has 25 heavy (non-hydrogen) atoms. The van der Waals surface area contributed by atoms with E-state index >= 15 is 0 Å². The number of rotatable bonds is 20. The Kier molecular flexibility index (Phi) is 19.5. The average molecular weight is 372 g/mol. The van der Waals surface area contributed by atoms with Gasteiger partial charge in [0, 0.05) is 7.26 Å². The first kappa shape index (κ1) is 25.4. The molecule has 0 heterocycles. The highest BCUT2D eigenvalue weighted by Crippen LogP contribution is 2.61. The quantitative estimate of drug-likeness (QED) is 0.148. The van der Waals surface area contributed by atoms with Crippen LogP contribution in [0.25, 0.3) is 0 Å². The van der Waals surface area contributed by atoms with Gasteiger partial charge in [-0.1, -0.05) is 91.9 Å². The largest absolute Gasteiger partial charge is 0.0654 e. The van der Waals surface area contributed by atoms with Crippen molar-refractivity contribution in [1.29, 1.82) is 0 Å². The number of hydrogen-bond donors (Lipinski definition) is 0. The Morgan fingerprint density at radius 3 is 0.880 bits per heavy atom. The van der Waals surface area contributed by atoms with E-state index in [0.29, 0.717) is 0 Å².